The minimum absolute atomic E-state index is 0.0398. The summed E-state index contributed by atoms with van der Waals surface area (Å²) in [6.07, 6.45) is 1.42. The smallest absolute Gasteiger partial charge is 0.228 e. The Labute approximate surface area is 94.7 Å². The summed E-state index contributed by atoms with van der Waals surface area (Å²) in [5.41, 5.74) is 0. The van der Waals surface area contributed by atoms with Gasteiger partial charge in [0.2, 0.25) is 5.91 Å². The first kappa shape index (κ1) is 10.5. The van der Waals surface area contributed by atoms with Crippen LogP contribution in [0.1, 0.15) is 12.8 Å². The fourth-order valence-electron chi connectivity index (χ4n) is 2.93. The normalized spacial score (nSPS) is 40.5. The van der Waals surface area contributed by atoms with Crippen molar-refractivity contribution in [1.82, 2.24) is 4.90 Å². The number of hydrogen-bond acceptors (Lipinski definition) is 4. The number of ether oxygens (including phenoxy) is 1. The number of likely N-dealkylation sites (tertiary alicyclic amines) is 1. The Balaban J connectivity index is 1.73. The summed E-state index contributed by atoms with van der Waals surface area (Å²) in [5, 5.41) is -0.302. The standard InChI is InChI=1S/C10H15NO4S/c12-10(7-1-2-15-5-7)11-4-9-3-8(11)6-16(9,13)14/h7-9H,1-6H2. The van der Waals surface area contributed by atoms with E-state index in [2.05, 4.69) is 0 Å². The van der Waals surface area contributed by atoms with Crippen molar-refractivity contribution in [2.45, 2.75) is 24.1 Å². The highest BCUT2D eigenvalue weighted by Gasteiger charge is 2.50. The van der Waals surface area contributed by atoms with E-state index in [9.17, 15) is 13.2 Å². The van der Waals surface area contributed by atoms with E-state index in [0.717, 1.165) is 6.42 Å². The number of amides is 1. The molecule has 0 radical (unpaired) electrons. The number of rotatable bonds is 1. The van der Waals surface area contributed by atoms with Gasteiger partial charge in [-0.05, 0) is 12.8 Å². The van der Waals surface area contributed by atoms with E-state index < -0.39 is 9.84 Å². The number of carbonyl (C=O) groups excluding carboxylic acids is 1. The van der Waals surface area contributed by atoms with Crippen LogP contribution in [-0.4, -0.2) is 56.0 Å². The average Bonchev–Trinajstić information content (AvgIpc) is 2.88. The molecule has 3 rings (SSSR count). The lowest BCUT2D eigenvalue weighted by molar-refractivity contribution is -0.136. The molecule has 3 saturated heterocycles. The Bertz CT molecular complexity index is 413. The number of hydrogen-bond donors (Lipinski definition) is 0. The van der Waals surface area contributed by atoms with Crippen molar-refractivity contribution in [2.24, 2.45) is 5.92 Å². The number of carbonyl (C=O) groups is 1. The van der Waals surface area contributed by atoms with E-state index in [1.807, 2.05) is 0 Å². The molecule has 16 heavy (non-hydrogen) atoms. The van der Waals surface area contributed by atoms with Crippen LogP contribution in [-0.2, 0) is 19.4 Å². The molecular formula is C10H15NO4S. The molecule has 3 aliphatic heterocycles. The second-order valence-corrected chi connectivity index (χ2v) is 7.22. The van der Waals surface area contributed by atoms with Gasteiger partial charge in [0.05, 0.1) is 23.5 Å². The van der Waals surface area contributed by atoms with E-state index >= 15 is 0 Å². The van der Waals surface area contributed by atoms with Gasteiger partial charge in [-0.3, -0.25) is 4.79 Å². The molecule has 3 atom stereocenters. The maximum absolute atomic E-state index is 12.1. The van der Waals surface area contributed by atoms with Crippen LogP contribution in [0.5, 0.6) is 0 Å². The quantitative estimate of drug-likeness (QED) is 0.620. The molecule has 3 heterocycles. The monoisotopic (exact) mass is 245 g/mol. The van der Waals surface area contributed by atoms with Crippen LogP contribution >= 0.6 is 0 Å². The van der Waals surface area contributed by atoms with Crippen molar-refractivity contribution in [1.29, 1.82) is 0 Å². The molecule has 0 aromatic rings. The van der Waals surface area contributed by atoms with Crippen molar-refractivity contribution < 1.29 is 17.9 Å². The molecule has 6 heteroatoms. The van der Waals surface area contributed by atoms with Gasteiger partial charge < -0.3 is 9.64 Å². The molecule has 3 aliphatic rings. The van der Waals surface area contributed by atoms with Gasteiger partial charge in [0.25, 0.3) is 0 Å². The summed E-state index contributed by atoms with van der Waals surface area (Å²) in [4.78, 5) is 13.9. The molecule has 0 aromatic heterocycles. The van der Waals surface area contributed by atoms with Crippen molar-refractivity contribution in [3.05, 3.63) is 0 Å². The van der Waals surface area contributed by atoms with Crippen molar-refractivity contribution >= 4 is 15.7 Å². The molecule has 0 saturated carbocycles. The molecule has 0 spiro atoms. The molecule has 1 amide bonds. The molecular weight excluding hydrogens is 230 g/mol. The van der Waals surface area contributed by atoms with Gasteiger partial charge in [-0.25, -0.2) is 8.42 Å². The van der Waals surface area contributed by atoms with Crippen LogP contribution in [0.25, 0.3) is 0 Å². The molecule has 3 unspecified atom stereocenters. The van der Waals surface area contributed by atoms with Gasteiger partial charge in [0, 0.05) is 19.2 Å². The van der Waals surface area contributed by atoms with Crippen LogP contribution in [0, 0.1) is 5.92 Å². The number of fused-ring (bicyclic) bond motifs is 2. The Morgan fingerprint density at radius 3 is 2.69 bits per heavy atom. The highest BCUT2D eigenvalue weighted by Crippen LogP contribution is 2.34. The fraction of sp³-hybridized carbons (Fsp3) is 0.900. The third-order valence-corrected chi connectivity index (χ3v) is 6.08. The average molecular weight is 245 g/mol. The zero-order chi connectivity index (χ0) is 11.3. The molecule has 5 nitrogen and oxygen atoms in total. The zero-order valence-electron chi connectivity index (χ0n) is 8.96. The molecule has 0 aliphatic carbocycles. The van der Waals surface area contributed by atoms with Crippen LogP contribution < -0.4 is 0 Å². The maximum atomic E-state index is 12.1. The highest BCUT2D eigenvalue weighted by molar-refractivity contribution is 7.92. The third kappa shape index (κ3) is 1.47. The third-order valence-electron chi connectivity index (χ3n) is 3.87. The van der Waals surface area contributed by atoms with Crippen molar-refractivity contribution in [2.75, 3.05) is 25.5 Å². The first-order valence-electron chi connectivity index (χ1n) is 5.68. The maximum Gasteiger partial charge on any atom is 0.228 e. The van der Waals surface area contributed by atoms with Gasteiger partial charge in [-0.1, -0.05) is 0 Å². The predicted octanol–water partition coefficient (Wildman–Crippen LogP) is -0.579. The van der Waals surface area contributed by atoms with Gasteiger partial charge in [0.15, 0.2) is 9.84 Å². The first-order chi connectivity index (χ1) is 7.58. The Kier molecular flexibility index (Phi) is 2.26. The summed E-state index contributed by atoms with van der Waals surface area (Å²) in [6, 6.07) is -0.0666. The van der Waals surface area contributed by atoms with Crippen molar-refractivity contribution in [3.63, 3.8) is 0 Å². The van der Waals surface area contributed by atoms with E-state index in [1.165, 1.54) is 0 Å². The van der Waals surface area contributed by atoms with Gasteiger partial charge in [0.1, 0.15) is 0 Å². The Morgan fingerprint density at radius 2 is 2.19 bits per heavy atom. The Morgan fingerprint density at radius 1 is 1.38 bits per heavy atom. The molecule has 3 fully saturated rings. The summed E-state index contributed by atoms with van der Waals surface area (Å²) in [7, 11) is -2.90. The van der Waals surface area contributed by atoms with E-state index in [0.29, 0.717) is 26.2 Å². The van der Waals surface area contributed by atoms with E-state index in [4.69, 9.17) is 4.74 Å². The zero-order valence-corrected chi connectivity index (χ0v) is 9.78. The largest absolute Gasteiger partial charge is 0.381 e. The summed E-state index contributed by atoms with van der Waals surface area (Å²) < 4.78 is 28.3. The summed E-state index contributed by atoms with van der Waals surface area (Å²) >= 11 is 0. The number of sulfone groups is 1. The lowest BCUT2D eigenvalue weighted by Gasteiger charge is -2.28. The van der Waals surface area contributed by atoms with E-state index in [-0.39, 0.29) is 28.9 Å². The molecule has 0 N–H and O–H groups in total. The van der Waals surface area contributed by atoms with Crippen LogP contribution in [0.2, 0.25) is 0 Å². The second kappa shape index (κ2) is 3.43. The summed E-state index contributed by atoms with van der Waals surface area (Å²) in [5.74, 6) is 0.221. The second-order valence-electron chi connectivity index (χ2n) is 4.89. The number of nitrogens with zero attached hydrogens (tertiary/aromatic N) is 1. The first-order valence-corrected chi connectivity index (χ1v) is 7.39. The van der Waals surface area contributed by atoms with Crippen LogP contribution in [0.4, 0.5) is 0 Å². The van der Waals surface area contributed by atoms with Gasteiger partial charge in [-0.2, -0.15) is 0 Å². The predicted molar refractivity (Wildman–Crippen MR) is 56.6 cm³/mol. The topological polar surface area (TPSA) is 63.7 Å². The lowest BCUT2D eigenvalue weighted by Crippen LogP contribution is -2.46. The van der Waals surface area contributed by atoms with Crippen molar-refractivity contribution in [3.8, 4) is 0 Å². The minimum Gasteiger partial charge on any atom is -0.381 e. The fourth-order valence-corrected chi connectivity index (χ4v) is 4.96. The van der Waals surface area contributed by atoms with Crippen LogP contribution in [0.3, 0.4) is 0 Å². The summed E-state index contributed by atoms with van der Waals surface area (Å²) in [6.45, 7) is 1.55. The molecule has 90 valence electrons. The molecule has 0 aromatic carbocycles. The highest BCUT2D eigenvalue weighted by atomic mass is 32.2. The SMILES string of the molecule is O=C(C1CCOC1)N1CC2CC1CS2(=O)=O. The van der Waals surface area contributed by atoms with Crippen LogP contribution in [0.15, 0.2) is 0 Å². The minimum atomic E-state index is -2.90. The van der Waals surface area contributed by atoms with Gasteiger partial charge in [-0.15, -0.1) is 0 Å². The molecule has 2 bridgehead atoms. The van der Waals surface area contributed by atoms with E-state index in [1.54, 1.807) is 4.90 Å². The lowest BCUT2D eigenvalue weighted by atomic mass is 10.1. The Hall–Kier alpha value is -0.620. The van der Waals surface area contributed by atoms with Gasteiger partial charge >= 0.3 is 0 Å².